The van der Waals surface area contributed by atoms with Gasteiger partial charge in [0.05, 0.1) is 11.4 Å². The molecule has 2 aliphatic rings. The lowest BCUT2D eigenvalue weighted by Crippen LogP contribution is -2.34. The first-order valence-corrected chi connectivity index (χ1v) is 9.37. The van der Waals surface area contributed by atoms with Crippen molar-refractivity contribution in [2.75, 3.05) is 10.1 Å². The molecule has 2 amide bonds. The van der Waals surface area contributed by atoms with E-state index in [1.165, 1.54) is 24.3 Å². The van der Waals surface area contributed by atoms with Crippen molar-refractivity contribution in [3.63, 3.8) is 0 Å². The molecule has 1 N–H and O–H groups in total. The smallest absolute Gasteiger partial charge is 0.278 e. The van der Waals surface area contributed by atoms with Crippen molar-refractivity contribution in [3.8, 4) is 0 Å². The van der Waals surface area contributed by atoms with Gasteiger partial charge in [-0.15, -0.1) is 0 Å². The van der Waals surface area contributed by atoms with Gasteiger partial charge in [-0.2, -0.15) is 0 Å². The molecule has 0 aliphatic carbocycles. The van der Waals surface area contributed by atoms with Gasteiger partial charge in [-0.05, 0) is 29.0 Å². The predicted molar refractivity (Wildman–Crippen MR) is 111 cm³/mol. The Morgan fingerprint density at radius 1 is 1.03 bits per heavy atom. The Labute approximate surface area is 175 Å². The van der Waals surface area contributed by atoms with Gasteiger partial charge in [0.15, 0.2) is 0 Å². The summed E-state index contributed by atoms with van der Waals surface area (Å²) in [6, 6.07) is 17.9. The Bertz CT molecular complexity index is 1280. The number of hydrogen-bond acceptors (Lipinski definition) is 8. The minimum atomic E-state index is -1.26. The van der Waals surface area contributed by atoms with Crippen LogP contribution in [-0.4, -0.2) is 34.6 Å². The van der Waals surface area contributed by atoms with Crippen molar-refractivity contribution in [2.45, 2.75) is 6.10 Å². The van der Waals surface area contributed by atoms with E-state index >= 15 is 0 Å². The van der Waals surface area contributed by atoms with Crippen molar-refractivity contribution in [1.29, 1.82) is 0 Å². The molecule has 2 aliphatic heterocycles. The second-order valence-corrected chi connectivity index (χ2v) is 7.14. The summed E-state index contributed by atoms with van der Waals surface area (Å²) in [7, 11) is 0. The number of amides is 2. The Morgan fingerprint density at radius 3 is 2.58 bits per heavy atom. The summed E-state index contributed by atoms with van der Waals surface area (Å²) < 4.78 is 0. The van der Waals surface area contributed by atoms with Crippen LogP contribution in [-0.2, 0) is 14.4 Å². The second-order valence-electron chi connectivity index (χ2n) is 7.14. The lowest BCUT2D eigenvalue weighted by molar-refractivity contribution is -0.126. The molecule has 3 aromatic carbocycles. The van der Waals surface area contributed by atoms with Crippen molar-refractivity contribution >= 4 is 45.5 Å². The molecule has 1 saturated heterocycles. The molecular weight excluding hydrogens is 402 g/mol. The highest BCUT2D eigenvalue weighted by atomic mass is 16.8. The fraction of sp³-hybridized carbons (Fsp3) is 0.0909. The zero-order valence-electron chi connectivity index (χ0n) is 15.8. The molecule has 154 valence electrons. The maximum absolute atomic E-state index is 13.3. The molecule has 9 nitrogen and oxygen atoms in total. The molecule has 0 saturated carbocycles. The Morgan fingerprint density at radius 2 is 1.77 bits per heavy atom. The number of Topliss-reactive ketones (excluding diaryl/α,β-unsaturated/α-hetero) is 1. The maximum Gasteiger partial charge on any atom is 0.278 e. The van der Waals surface area contributed by atoms with E-state index in [1.54, 1.807) is 24.3 Å². The quantitative estimate of drug-likeness (QED) is 0.394. The maximum atomic E-state index is 13.3. The number of hydrogen-bond donors (Lipinski definition) is 1. The fourth-order valence-electron chi connectivity index (χ4n) is 3.93. The molecule has 0 aromatic heterocycles. The van der Waals surface area contributed by atoms with E-state index in [2.05, 4.69) is 5.16 Å². The van der Waals surface area contributed by atoms with E-state index < -0.39 is 29.6 Å². The topological polar surface area (TPSA) is 123 Å². The largest absolute Gasteiger partial charge is 0.733 e. The Hall–Kier alpha value is -4.08. The standard InChI is InChI=1S/C22H14N3O6/c26-19(16-10-3-6-12-5-1-2-9-15(12)16)18-17-20(31-23-18)22(28)24(21(17)27)13-7-4-8-14(11-13)25(29)30/h1-11,17,20,29H/q-1. The molecule has 9 heteroatoms. The highest BCUT2D eigenvalue weighted by molar-refractivity contribution is 6.53. The van der Waals surface area contributed by atoms with E-state index in [4.69, 9.17) is 10.0 Å². The van der Waals surface area contributed by atoms with Crippen molar-refractivity contribution in [1.82, 2.24) is 0 Å². The van der Waals surface area contributed by atoms with E-state index in [0.29, 0.717) is 10.9 Å². The predicted octanol–water partition coefficient (Wildman–Crippen LogP) is 2.66. The molecule has 1 fully saturated rings. The minimum absolute atomic E-state index is 0.0809. The van der Waals surface area contributed by atoms with Crippen LogP contribution in [0, 0.1) is 11.1 Å². The Balaban J connectivity index is 1.51. The van der Waals surface area contributed by atoms with Crippen LogP contribution >= 0.6 is 0 Å². The summed E-state index contributed by atoms with van der Waals surface area (Å²) in [5.74, 6) is -3.08. The number of nitrogens with zero attached hydrogens (tertiary/aromatic N) is 3. The number of imide groups is 1. The van der Waals surface area contributed by atoms with Gasteiger partial charge < -0.3 is 15.3 Å². The monoisotopic (exact) mass is 416 g/mol. The van der Waals surface area contributed by atoms with Gasteiger partial charge in [0.2, 0.25) is 17.8 Å². The van der Waals surface area contributed by atoms with Gasteiger partial charge in [0.1, 0.15) is 11.6 Å². The third kappa shape index (κ3) is 2.87. The molecule has 31 heavy (non-hydrogen) atoms. The zero-order chi connectivity index (χ0) is 21.7. The van der Waals surface area contributed by atoms with Crippen LogP contribution in [0.4, 0.5) is 11.4 Å². The lowest BCUT2D eigenvalue weighted by Gasteiger charge is -2.23. The van der Waals surface area contributed by atoms with E-state index in [0.717, 1.165) is 10.3 Å². The van der Waals surface area contributed by atoms with Crippen molar-refractivity contribution in [3.05, 3.63) is 77.5 Å². The fourth-order valence-corrected chi connectivity index (χ4v) is 3.93. The molecule has 0 spiro atoms. The number of carbonyl (C=O) groups excluding carboxylic acids is 3. The van der Waals surface area contributed by atoms with Crippen LogP contribution in [0.25, 0.3) is 10.8 Å². The highest BCUT2D eigenvalue weighted by Crippen LogP contribution is 2.35. The number of carbonyl (C=O) groups is 3. The molecule has 2 heterocycles. The SMILES string of the molecule is O=C(C1=NOC2C(=O)N(c3cccc(N([O-])O)c3)C(=O)C12)c1cccc2ccccc12. The molecule has 5 rings (SSSR count). The first-order chi connectivity index (χ1) is 15.0. The second kappa shape index (κ2) is 7.01. The summed E-state index contributed by atoms with van der Waals surface area (Å²) in [6.07, 6.45) is -1.26. The summed E-state index contributed by atoms with van der Waals surface area (Å²) in [5.41, 5.74) is 0.129. The molecule has 3 aromatic rings. The molecule has 2 unspecified atom stereocenters. The average Bonchev–Trinajstić information content (AvgIpc) is 3.33. The number of ketones is 1. The number of anilines is 2. The number of rotatable bonds is 4. The van der Waals surface area contributed by atoms with Crippen LogP contribution in [0.3, 0.4) is 0 Å². The Kier molecular flexibility index (Phi) is 4.28. The van der Waals surface area contributed by atoms with Gasteiger partial charge in [-0.1, -0.05) is 53.7 Å². The van der Waals surface area contributed by atoms with Gasteiger partial charge in [0, 0.05) is 5.56 Å². The van der Waals surface area contributed by atoms with Gasteiger partial charge >= 0.3 is 0 Å². The minimum Gasteiger partial charge on any atom is -0.733 e. The van der Waals surface area contributed by atoms with Crippen molar-refractivity contribution in [2.24, 2.45) is 11.1 Å². The summed E-state index contributed by atoms with van der Waals surface area (Å²) in [4.78, 5) is 45.3. The third-order valence-corrected chi connectivity index (χ3v) is 5.39. The zero-order valence-corrected chi connectivity index (χ0v) is 15.8. The van der Waals surface area contributed by atoms with Gasteiger partial charge in [0.25, 0.3) is 5.91 Å². The van der Waals surface area contributed by atoms with Crippen LogP contribution in [0.2, 0.25) is 0 Å². The normalized spacial score (nSPS) is 19.9. The van der Waals surface area contributed by atoms with E-state index in [9.17, 15) is 19.6 Å². The molecule has 0 radical (unpaired) electrons. The molecule has 2 atom stereocenters. The highest BCUT2D eigenvalue weighted by Gasteiger charge is 2.57. The van der Waals surface area contributed by atoms with Crippen LogP contribution in [0.15, 0.2) is 71.9 Å². The van der Waals surface area contributed by atoms with Crippen LogP contribution < -0.4 is 10.1 Å². The number of benzene rings is 3. The number of fused-ring (bicyclic) bond motifs is 2. The van der Waals surface area contributed by atoms with Gasteiger partial charge in [-0.3, -0.25) is 19.6 Å². The van der Waals surface area contributed by atoms with Gasteiger partial charge in [-0.25, -0.2) is 4.90 Å². The molecule has 0 bridgehead atoms. The third-order valence-electron chi connectivity index (χ3n) is 5.39. The molecular formula is C22H14N3O6-. The average molecular weight is 416 g/mol. The first kappa shape index (κ1) is 18.9. The van der Waals surface area contributed by atoms with E-state index in [1.807, 2.05) is 18.2 Å². The summed E-state index contributed by atoms with van der Waals surface area (Å²) >= 11 is 0. The van der Waals surface area contributed by atoms with Crippen LogP contribution in [0.1, 0.15) is 10.4 Å². The first-order valence-electron chi connectivity index (χ1n) is 9.37. The van der Waals surface area contributed by atoms with E-state index in [-0.39, 0.29) is 22.3 Å². The van der Waals surface area contributed by atoms with Crippen LogP contribution in [0.5, 0.6) is 0 Å². The summed E-state index contributed by atoms with van der Waals surface area (Å²) in [5, 5.41) is 25.2. The lowest BCUT2D eigenvalue weighted by atomic mass is 9.91. The number of oxime groups is 1. The van der Waals surface area contributed by atoms with Crippen molar-refractivity contribution < 1.29 is 24.4 Å². The summed E-state index contributed by atoms with van der Waals surface area (Å²) in [6.45, 7) is 0.